The van der Waals surface area contributed by atoms with Gasteiger partial charge in [0.05, 0.1) is 22.3 Å². The number of carboxylic acids is 1. The summed E-state index contributed by atoms with van der Waals surface area (Å²) in [4.78, 5) is 25.2. The van der Waals surface area contributed by atoms with Crippen LogP contribution in [0.3, 0.4) is 0 Å². The molecule has 0 bridgehead atoms. The molecule has 0 aliphatic heterocycles. The molecule has 1 aliphatic rings. The number of carbonyl (C=O) groups is 2. The Bertz CT molecular complexity index is 1140. The largest absolute Gasteiger partial charge is 0.481 e. The van der Waals surface area contributed by atoms with Crippen LogP contribution in [0, 0.1) is 23.7 Å². The van der Waals surface area contributed by atoms with Crippen LogP contribution in [-0.2, 0) is 24.3 Å². The second-order valence-corrected chi connectivity index (χ2v) is 11.6. The Balaban J connectivity index is 1.86. The van der Waals surface area contributed by atoms with Gasteiger partial charge in [-0.1, -0.05) is 61.9 Å². The van der Waals surface area contributed by atoms with E-state index in [1.54, 1.807) is 64.1 Å². The highest BCUT2D eigenvalue weighted by Gasteiger charge is 2.59. The van der Waals surface area contributed by atoms with Crippen molar-refractivity contribution < 1.29 is 27.9 Å². The van der Waals surface area contributed by atoms with E-state index in [4.69, 9.17) is 4.74 Å². The number of aliphatic carboxylic acids is 1. The molecule has 0 amide bonds. The average molecular weight is 488 g/mol. The monoisotopic (exact) mass is 487 g/mol. The molecule has 0 saturated heterocycles. The van der Waals surface area contributed by atoms with Crippen LogP contribution in [-0.4, -0.2) is 31.6 Å². The Labute approximate surface area is 201 Å². The van der Waals surface area contributed by atoms with Gasteiger partial charge in [0.15, 0.2) is 0 Å². The van der Waals surface area contributed by atoms with Gasteiger partial charge in [0.1, 0.15) is 6.10 Å². The zero-order valence-electron chi connectivity index (χ0n) is 20.2. The van der Waals surface area contributed by atoms with Gasteiger partial charge in [0.25, 0.3) is 0 Å². The van der Waals surface area contributed by atoms with Crippen LogP contribution >= 0.6 is 0 Å². The molecular weight excluding hydrogens is 454 g/mol. The van der Waals surface area contributed by atoms with E-state index < -0.39 is 50.9 Å². The molecule has 1 aliphatic carbocycles. The van der Waals surface area contributed by atoms with Gasteiger partial charge in [0.2, 0.25) is 10.0 Å². The van der Waals surface area contributed by atoms with Gasteiger partial charge in [0, 0.05) is 0 Å². The molecule has 7 nitrogen and oxygen atoms in total. The summed E-state index contributed by atoms with van der Waals surface area (Å²) < 4.78 is 34.7. The van der Waals surface area contributed by atoms with Crippen LogP contribution < -0.4 is 4.72 Å². The fourth-order valence-corrected chi connectivity index (χ4v) is 5.97. The quantitative estimate of drug-likeness (QED) is 0.532. The van der Waals surface area contributed by atoms with E-state index >= 15 is 0 Å². The lowest BCUT2D eigenvalue weighted by atomic mass is 9.66. The van der Waals surface area contributed by atoms with E-state index in [9.17, 15) is 23.1 Å². The molecule has 184 valence electrons. The summed E-state index contributed by atoms with van der Waals surface area (Å²) in [7, 11) is -3.90. The summed E-state index contributed by atoms with van der Waals surface area (Å²) >= 11 is 0. The topological polar surface area (TPSA) is 110 Å². The van der Waals surface area contributed by atoms with E-state index in [-0.39, 0.29) is 4.90 Å². The molecular formula is C26H33NO6S. The molecule has 0 heterocycles. The van der Waals surface area contributed by atoms with Gasteiger partial charge in [-0.05, 0) is 56.7 Å². The standard InChI is InChI=1S/C26H33NO6S/c1-17-11-13-20(14-12-17)34(31,32)27-22(19-9-7-6-8-10-19)18(2)33-23(28)21-15-16-26(5,24(29)30)25(21,3)4/h6-14,18,21-22,27H,15-16H2,1-5H3,(H,29,30)/t18-,21-,22-,26+/m1/s1. The van der Waals surface area contributed by atoms with Crippen LogP contribution in [0.5, 0.6) is 0 Å². The Morgan fingerprint density at radius 1 is 1.06 bits per heavy atom. The number of aryl methyl sites for hydroxylation is 1. The van der Waals surface area contributed by atoms with E-state index in [0.29, 0.717) is 18.4 Å². The van der Waals surface area contributed by atoms with E-state index in [1.165, 1.54) is 12.1 Å². The summed E-state index contributed by atoms with van der Waals surface area (Å²) in [5.41, 5.74) is -0.279. The first-order chi connectivity index (χ1) is 15.8. The number of benzene rings is 2. The Morgan fingerprint density at radius 3 is 2.18 bits per heavy atom. The fraction of sp³-hybridized carbons (Fsp3) is 0.462. The Kier molecular flexibility index (Phi) is 7.24. The number of nitrogens with one attached hydrogen (secondary N) is 1. The van der Waals surface area contributed by atoms with E-state index in [0.717, 1.165) is 5.56 Å². The van der Waals surface area contributed by atoms with Crippen molar-refractivity contribution in [3.8, 4) is 0 Å². The molecule has 2 aromatic carbocycles. The van der Waals surface area contributed by atoms with Crippen LogP contribution in [0.25, 0.3) is 0 Å². The van der Waals surface area contributed by atoms with Crippen molar-refractivity contribution in [2.75, 3.05) is 0 Å². The molecule has 0 spiro atoms. The van der Waals surface area contributed by atoms with Crippen molar-refractivity contribution >= 4 is 22.0 Å². The van der Waals surface area contributed by atoms with Crippen molar-refractivity contribution in [2.24, 2.45) is 16.7 Å². The SMILES string of the molecule is Cc1ccc(S(=O)(=O)N[C@@H](c2ccccc2)[C@@H](C)OC(=O)[C@H]2CC[C@@](C)(C(=O)O)C2(C)C)cc1. The fourth-order valence-electron chi connectivity index (χ4n) is 4.68. The lowest BCUT2D eigenvalue weighted by Crippen LogP contribution is -2.44. The molecule has 1 saturated carbocycles. The smallest absolute Gasteiger partial charge is 0.309 e. The molecule has 3 rings (SSSR count). The molecule has 8 heteroatoms. The van der Waals surface area contributed by atoms with Crippen molar-refractivity contribution in [2.45, 2.75) is 64.5 Å². The number of hydrogen-bond donors (Lipinski definition) is 2. The zero-order valence-corrected chi connectivity index (χ0v) is 21.1. The molecule has 0 aromatic heterocycles. The molecule has 0 unspecified atom stereocenters. The van der Waals surface area contributed by atoms with Gasteiger partial charge in [-0.15, -0.1) is 0 Å². The molecule has 4 atom stereocenters. The summed E-state index contributed by atoms with van der Waals surface area (Å²) in [5.74, 6) is -2.06. The van der Waals surface area contributed by atoms with Crippen LogP contribution in [0.2, 0.25) is 0 Å². The first-order valence-corrected chi connectivity index (χ1v) is 12.9. The van der Waals surface area contributed by atoms with Crippen molar-refractivity contribution in [1.29, 1.82) is 0 Å². The van der Waals surface area contributed by atoms with Gasteiger partial charge >= 0.3 is 11.9 Å². The summed E-state index contributed by atoms with van der Waals surface area (Å²) in [6.07, 6.45) is -0.0689. The second-order valence-electron chi connectivity index (χ2n) is 9.91. The molecule has 0 radical (unpaired) electrons. The Hall–Kier alpha value is -2.71. The third-order valence-corrected chi connectivity index (χ3v) is 8.98. The lowest BCUT2D eigenvalue weighted by Gasteiger charge is -2.38. The van der Waals surface area contributed by atoms with Crippen molar-refractivity contribution in [1.82, 2.24) is 4.72 Å². The number of sulfonamides is 1. The lowest BCUT2D eigenvalue weighted by molar-refractivity contribution is -0.163. The van der Waals surface area contributed by atoms with E-state index in [2.05, 4.69) is 4.72 Å². The third kappa shape index (κ3) is 4.88. The minimum Gasteiger partial charge on any atom is -0.481 e. The predicted octanol–water partition coefficient (Wildman–Crippen LogP) is 4.47. The Morgan fingerprint density at radius 2 is 1.65 bits per heavy atom. The van der Waals surface area contributed by atoms with Crippen LogP contribution in [0.1, 0.15) is 57.7 Å². The molecule has 1 fully saturated rings. The number of carbonyl (C=O) groups excluding carboxylic acids is 1. The molecule has 2 N–H and O–H groups in total. The van der Waals surface area contributed by atoms with E-state index in [1.807, 2.05) is 13.0 Å². The highest BCUT2D eigenvalue weighted by Crippen LogP contribution is 2.56. The normalized spacial score (nSPS) is 23.7. The summed E-state index contributed by atoms with van der Waals surface area (Å²) in [5, 5.41) is 9.75. The summed E-state index contributed by atoms with van der Waals surface area (Å²) in [6, 6.07) is 14.6. The highest BCUT2D eigenvalue weighted by atomic mass is 32.2. The number of carboxylic acid groups (broad SMARTS) is 1. The van der Waals surface area contributed by atoms with Gasteiger partial charge in [-0.25, -0.2) is 8.42 Å². The maximum Gasteiger partial charge on any atom is 0.309 e. The molecule has 34 heavy (non-hydrogen) atoms. The van der Waals surface area contributed by atoms with Crippen molar-refractivity contribution in [3.05, 3.63) is 65.7 Å². The number of esters is 1. The summed E-state index contributed by atoms with van der Waals surface area (Å²) in [6.45, 7) is 8.73. The first kappa shape index (κ1) is 25.9. The number of hydrogen-bond acceptors (Lipinski definition) is 5. The number of ether oxygens (including phenoxy) is 1. The van der Waals surface area contributed by atoms with Crippen LogP contribution in [0.4, 0.5) is 0 Å². The predicted molar refractivity (Wildman–Crippen MR) is 128 cm³/mol. The highest BCUT2D eigenvalue weighted by molar-refractivity contribution is 7.89. The van der Waals surface area contributed by atoms with Crippen molar-refractivity contribution in [3.63, 3.8) is 0 Å². The number of rotatable bonds is 8. The molecule has 2 aromatic rings. The maximum absolute atomic E-state index is 13.2. The second kappa shape index (κ2) is 9.50. The van der Waals surface area contributed by atoms with Crippen LogP contribution in [0.15, 0.2) is 59.5 Å². The maximum atomic E-state index is 13.2. The minimum absolute atomic E-state index is 0.117. The minimum atomic E-state index is -3.90. The van der Waals surface area contributed by atoms with Gasteiger partial charge in [-0.2, -0.15) is 4.72 Å². The average Bonchev–Trinajstić information content (AvgIpc) is 3.03. The first-order valence-electron chi connectivity index (χ1n) is 11.4. The van der Waals surface area contributed by atoms with Gasteiger partial charge in [-0.3, -0.25) is 9.59 Å². The zero-order chi connectivity index (χ0) is 25.3. The van der Waals surface area contributed by atoms with Gasteiger partial charge < -0.3 is 9.84 Å². The third-order valence-electron chi connectivity index (χ3n) is 7.53.